The Balaban J connectivity index is 1.89. The molecule has 0 saturated heterocycles. The Labute approximate surface area is 120 Å². The SMILES string of the molecule is CC1(C)C(Cn2ccnc2-c2cccc(O)c2)C1(C)C. The highest BCUT2D eigenvalue weighted by molar-refractivity contribution is 5.57. The molecule has 1 N–H and O–H groups in total. The summed E-state index contributed by atoms with van der Waals surface area (Å²) in [7, 11) is 0. The zero-order valence-electron chi connectivity index (χ0n) is 12.6. The van der Waals surface area contributed by atoms with E-state index in [1.807, 2.05) is 24.5 Å². The van der Waals surface area contributed by atoms with E-state index in [9.17, 15) is 5.11 Å². The Morgan fingerprint density at radius 1 is 1.20 bits per heavy atom. The van der Waals surface area contributed by atoms with Gasteiger partial charge in [-0.3, -0.25) is 0 Å². The molecule has 3 heteroatoms. The standard InChI is InChI=1S/C17H22N2O/c1-16(2)14(17(16,3)4)11-19-9-8-18-15(19)12-6-5-7-13(20)10-12/h5-10,14,20H,11H2,1-4H3. The van der Waals surface area contributed by atoms with Crippen LogP contribution in [0.4, 0.5) is 0 Å². The Bertz CT molecular complexity index is 626. The van der Waals surface area contributed by atoms with Crippen molar-refractivity contribution in [2.45, 2.75) is 34.2 Å². The third kappa shape index (κ3) is 1.84. The second-order valence-corrected chi connectivity index (χ2v) is 6.95. The van der Waals surface area contributed by atoms with Gasteiger partial charge in [0, 0.05) is 24.5 Å². The van der Waals surface area contributed by atoms with Crippen LogP contribution in [0.1, 0.15) is 27.7 Å². The number of nitrogens with zero attached hydrogens (tertiary/aromatic N) is 2. The summed E-state index contributed by atoms with van der Waals surface area (Å²) in [5.74, 6) is 1.86. The quantitative estimate of drug-likeness (QED) is 0.917. The molecule has 0 atom stereocenters. The molecule has 20 heavy (non-hydrogen) atoms. The predicted octanol–water partition coefficient (Wildman–Crippen LogP) is 3.94. The summed E-state index contributed by atoms with van der Waals surface area (Å²) in [6.07, 6.45) is 3.87. The van der Waals surface area contributed by atoms with Crippen LogP contribution >= 0.6 is 0 Å². The molecule has 0 bridgehead atoms. The van der Waals surface area contributed by atoms with E-state index in [0.29, 0.717) is 16.7 Å². The number of phenols is 1. The van der Waals surface area contributed by atoms with Crippen molar-refractivity contribution in [2.75, 3.05) is 0 Å². The Kier molecular flexibility index (Phi) is 2.72. The number of hydrogen-bond donors (Lipinski definition) is 1. The van der Waals surface area contributed by atoms with Crippen LogP contribution < -0.4 is 0 Å². The largest absolute Gasteiger partial charge is 0.508 e. The molecule has 2 aromatic rings. The number of phenolic OH excluding ortho intramolecular Hbond substituents is 1. The number of imidazole rings is 1. The van der Waals surface area contributed by atoms with Crippen LogP contribution in [-0.2, 0) is 6.54 Å². The molecule has 3 rings (SSSR count). The lowest BCUT2D eigenvalue weighted by Gasteiger charge is -2.09. The summed E-state index contributed by atoms with van der Waals surface area (Å²) in [5, 5.41) is 9.63. The van der Waals surface area contributed by atoms with Crippen molar-refractivity contribution < 1.29 is 5.11 Å². The molecule has 1 heterocycles. The van der Waals surface area contributed by atoms with Gasteiger partial charge in [0.25, 0.3) is 0 Å². The summed E-state index contributed by atoms with van der Waals surface area (Å²) >= 11 is 0. The summed E-state index contributed by atoms with van der Waals surface area (Å²) in [6.45, 7) is 10.3. The fraction of sp³-hybridized carbons (Fsp3) is 0.471. The molecule has 0 unspecified atom stereocenters. The number of hydrogen-bond acceptors (Lipinski definition) is 2. The van der Waals surface area contributed by atoms with E-state index < -0.39 is 0 Å². The van der Waals surface area contributed by atoms with Crippen LogP contribution in [-0.4, -0.2) is 14.7 Å². The van der Waals surface area contributed by atoms with Crippen LogP contribution in [0.2, 0.25) is 0 Å². The minimum Gasteiger partial charge on any atom is -0.508 e. The smallest absolute Gasteiger partial charge is 0.140 e. The average molecular weight is 270 g/mol. The van der Waals surface area contributed by atoms with E-state index in [-0.39, 0.29) is 5.75 Å². The van der Waals surface area contributed by atoms with E-state index in [4.69, 9.17) is 0 Å². The minimum absolute atomic E-state index is 0.282. The molecule has 0 aliphatic heterocycles. The topological polar surface area (TPSA) is 38.0 Å². The van der Waals surface area contributed by atoms with E-state index in [1.165, 1.54) is 0 Å². The predicted molar refractivity (Wildman–Crippen MR) is 80.4 cm³/mol. The Hall–Kier alpha value is -1.77. The summed E-state index contributed by atoms with van der Waals surface area (Å²) < 4.78 is 2.20. The van der Waals surface area contributed by atoms with Gasteiger partial charge in [-0.25, -0.2) is 4.98 Å². The molecular formula is C17H22N2O. The van der Waals surface area contributed by atoms with Gasteiger partial charge < -0.3 is 9.67 Å². The molecule has 1 fully saturated rings. The van der Waals surface area contributed by atoms with Gasteiger partial charge in [0.2, 0.25) is 0 Å². The van der Waals surface area contributed by atoms with Crippen molar-refractivity contribution in [1.29, 1.82) is 0 Å². The molecule has 106 valence electrons. The normalized spacial score (nSPS) is 20.0. The molecule has 1 saturated carbocycles. The Morgan fingerprint density at radius 2 is 1.90 bits per heavy atom. The van der Waals surface area contributed by atoms with Crippen molar-refractivity contribution in [3.63, 3.8) is 0 Å². The fourth-order valence-electron chi connectivity index (χ4n) is 3.35. The molecule has 0 radical (unpaired) electrons. The van der Waals surface area contributed by atoms with Crippen molar-refractivity contribution in [3.8, 4) is 17.1 Å². The zero-order chi connectivity index (χ0) is 14.5. The second-order valence-electron chi connectivity index (χ2n) is 6.95. The summed E-state index contributed by atoms with van der Waals surface area (Å²) in [4.78, 5) is 4.46. The lowest BCUT2D eigenvalue weighted by molar-refractivity contribution is 0.457. The van der Waals surface area contributed by atoms with E-state index in [1.54, 1.807) is 12.1 Å². The first-order valence-corrected chi connectivity index (χ1v) is 7.14. The molecule has 3 nitrogen and oxygen atoms in total. The molecule has 1 aliphatic carbocycles. The molecule has 1 aliphatic rings. The van der Waals surface area contributed by atoms with Gasteiger partial charge in [0.15, 0.2) is 0 Å². The first kappa shape index (κ1) is 13.2. The second kappa shape index (κ2) is 4.11. The number of aromatic nitrogens is 2. The summed E-state index contributed by atoms with van der Waals surface area (Å²) in [5.41, 5.74) is 1.70. The lowest BCUT2D eigenvalue weighted by Crippen LogP contribution is -2.05. The van der Waals surface area contributed by atoms with Crippen molar-refractivity contribution in [2.24, 2.45) is 16.7 Å². The third-order valence-corrected chi connectivity index (χ3v) is 5.52. The van der Waals surface area contributed by atoms with Crippen LogP contribution in [0.25, 0.3) is 11.4 Å². The van der Waals surface area contributed by atoms with Gasteiger partial charge in [-0.15, -0.1) is 0 Å². The van der Waals surface area contributed by atoms with Crippen LogP contribution in [0.15, 0.2) is 36.7 Å². The number of benzene rings is 1. The van der Waals surface area contributed by atoms with E-state index >= 15 is 0 Å². The molecular weight excluding hydrogens is 248 g/mol. The van der Waals surface area contributed by atoms with Crippen LogP contribution in [0.5, 0.6) is 5.75 Å². The van der Waals surface area contributed by atoms with Crippen molar-refractivity contribution in [3.05, 3.63) is 36.7 Å². The third-order valence-electron chi connectivity index (χ3n) is 5.52. The first-order chi connectivity index (χ1) is 9.34. The van der Waals surface area contributed by atoms with Gasteiger partial charge in [-0.05, 0) is 28.9 Å². The number of rotatable bonds is 3. The molecule has 0 spiro atoms. The van der Waals surface area contributed by atoms with Crippen LogP contribution in [0, 0.1) is 16.7 Å². The lowest BCUT2D eigenvalue weighted by atomic mass is 10.0. The maximum atomic E-state index is 9.63. The minimum atomic E-state index is 0.282. The van der Waals surface area contributed by atoms with Gasteiger partial charge in [0.1, 0.15) is 11.6 Å². The first-order valence-electron chi connectivity index (χ1n) is 7.14. The Morgan fingerprint density at radius 3 is 2.50 bits per heavy atom. The van der Waals surface area contributed by atoms with Gasteiger partial charge in [0.05, 0.1) is 0 Å². The monoisotopic (exact) mass is 270 g/mol. The molecule has 0 amide bonds. The van der Waals surface area contributed by atoms with Crippen molar-refractivity contribution >= 4 is 0 Å². The highest BCUT2D eigenvalue weighted by atomic mass is 16.3. The van der Waals surface area contributed by atoms with E-state index in [2.05, 4.69) is 37.2 Å². The zero-order valence-corrected chi connectivity index (χ0v) is 12.6. The fourth-order valence-corrected chi connectivity index (χ4v) is 3.35. The highest BCUT2D eigenvalue weighted by Crippen LogP contribution is 2.68. The maximum Gasteiger partial charge on any atom is 0.140 e. The molecule has 1 aromatic heterocycles. The number of aromatic hydroxyl groups is 1. The van der Waals surface area contributed by atoms with Crippen molar-refractivity contribution in [1.82, 2.24) is 9.55 Å². The van der Waals surface area contributed by atoms with Gasteiger partial charge >= 0.3 is 0 Å². The van der Waals surface area contributed by atoms with E-state index in [0.717, 1.165) is 17.9 Å². The molecule has 1 aromatic carbocycles. The van der Waals surface area contributed by atoms with Gasteiger partial charge in [-0.1, -0.05) is 39.8 Å². The summed E-state index contributed by atoms with van der Waals surface area (Å²) in [6, 6.07) is 7.29. The van der Waals surface area contributed by atoms with Gasteiger partial charge in [-0.2, -0.15) is 0 Å². The highest BCUT2D eigenvalue weighted by Gasteiger charge is 2.64. The van der Waals surface area contributed by atoms with Crippen LogP contribution in [0.3, 0.4) is 0 Å². The maximum absolute atomic E-state index is 9.63. The average Bonchev–Trinajstić information content (AvgIpc) is 2.74.